The summed E-state index contributed by atoms with van der Waals surface area (Å²) < 4.78 is 37.4. The largest absolute Gasteiger partial charge is 0.434 e. The minimum absolute atomic E-state index is 0.201. The Labute approximate surface area is 118 Å². The number of rotatable bonds is 5. The number of aliphatic hydroxyl groups excluding tert-OH is 1. The Bertz CT molecular complexity index is 450. The summed E-state index contributed by atoms with van der Waals surface area (Å²) in [5, 5.41) is 14.9. The monoisotopic (exact) mass is 311 g/mol. The second-order valence-corrected chi connectivity index (χ2v) is 5.12. The normalized spacial score (nSPS) is 14.7. The van der Waals surface area contributed by atoms with Crippen molar-refractivity contribution in [2.45, 2.75) is 38.5 Å². The molecule has 0 aromatic carbocycles. The molecule has 1 heterocycles. The third-order valence-electron chi connectivity index (χ3n) is 2.48. The van der Waals surface area contributed by atoms with Gasteiger partial charge in [-0.25, -0.2) is 9.78 Å². The van der Waals surface area contributed by atoms with Crippen molar-refractivity contribution in [1.82, 2.24) is 15.6 Å². The molecule has 2 atom stereocenters. The first kappa shape index (κ1) is 16.7. The van der Waals surface area contributed by atoms with E-state index < -0.39 is 30.0 Å². The van der Waals surface area contributed by atoms with Crippen molar-refractivity contribution in [2.75, 3.05) is 6.61 Å². The van der Waals surface area contributed by atoms with E-state index in [1.165, 1.54) is 0 Å². The van der Waals surface area contributed by atoms with Gasteiger partial charge in [0.2, 0.25) is 0 Å². The van der Waals surface area contributed by atoms with Gasteiger partial charge in [0.1, 0.15) is 5.01 Å². The number of alkyl halides is 3. The van der Waals surface area contributed by atoms with E-state index in [2.05, 4.69) is 15.6 Å². The maximum Gasteiger partial charge on any atom is 0.434 e. The van der Waals surface area contributed by atoms with Crippen LogP contribution < -0.4 is 10.6 Å². The molecule has 1 aromatic heterocycles. The van der Waals surface area contributed by atoms with E-state index in [0.29, 0.717) is 6.42 Å². The van der Waals surface area contributed by atoms with Crippen LogP contribution in [0.15, 0.2) is 5.38 Å². The lowest BCUT2D eigenvalue weighted by Gasteiger charge is -2.17. The fourth-order valence-electron chi connectivity index (χ4n) is 1.39. The van der Waals surface area contributed by atoms with Crippen molar-refractivity contribution in [3.05, 3.63) is 16.1 Å². The van der Waals surface area contributed by atoms with Crippen LogP contribution in [0.2, 0.25) is 0 Å². The summed E-state index contributed by atoms with van der Waals surface area (Å²) in [6.45, 7) is 3.11. The Kier molecular flexibility index (Phi) is 5.75. The molecule has 0 saturated heterocycles. The second kappa shape index (κ2) is 6.89. The van der Waals surface area contributed by atoms with Crippen molar-refractivity contribution in [3.63, 3.8) is 0 Å². The number of halogens is 3. The van der Waals surface area contributed by atoms with Gasteiger partial charge in [-0.2, -0.15) is 13.2 Å². The van der Waals surface area contributed by atoms with Crippen LogP contribution in [-0.4, -0.2) is 28.8 Å². The SMILES string of the molecule is CCC(NC(=O)NC(C)CO)c1nc(C(F)(F)F)cs1. The highest BCUT2D eigenvalue weighted by Gasteiger charge is 2.34. The van der Waals surface area contributed by atoms with E-state index in [4.69, 9.17) is 5.11 Å². The number of carbonyl (C=O) groups excluding carboxylic acids is 1. The molecule has 1 rings (SSSR count). The second-order valence-electron chi connectivity index (χ2n) is 4.23. The Morgan fingerprint density at radius 2 is 2.15 bits per heavy atom. The minimum Gasteiger partial charge on any atom is -0.394 e. The molecule has 0 bridgehead atoms. The van der Waals surface area contributed by atoms with Crippen LogP contribution in [0.5, 0.6) is 0 Å². The van der Waals surface area contributed by atoms with Crippen LogP contribution in [0.25, 0.3) is 0 Å². The molecule has 5 nitrogen and oxygen atoms in total. The molecule has 2 unspecified atom stereocenters. The number of hydrogen-bond acceptors (Lipinski definition) is 4. The Hall–Kier alpha value is -1.35. The summed E-state index contributed by atoms with van der Waals surface area (Å²) >= 11 is 0.853. The molecule has 20 heavy (non-hydrogen) atoms. The minimum atomic E-state index is -4.49. The zero-order valence-corrected chi connectivity index (χ0v) is 11.8. The number of amides is 2. The number of nitrogens with zero attached hydrogens (tertiary/aromatic N) is 1. The third-order valence-corrected chi connectivity index (χ3v) is 3.43. The number of aromatic nitrogens is 1. The van der Waals surface area contributed by atoms with Gasteiger partial charge in [0.25, 0.3) is 0 Å². The van der Waals surface area contributed by atoms with E-state index in [9.17, 15) is 18.0 Å². The quantitative estimate of drug-likeness (QED) is 0.781. The highest BCUT2D eigenvalue weighted by Crippen LogP contribution is 2.32. The predicted octanol–water partition coefficient (Wildman–Crippen LogP) is 2.29. The van der Waals surface area contributed by atoms with E-state index in [0.717, 1.165) is 16.7 Å². The molecule has 1 aromatic rings. The predicted molar refractivity (Wildman–Crippen MR) is 68.4 cm³/mol. The van der Waals surface area contributed by atoms with Gasteiger partial charge in [-0.05, 0) is 13.3 Å². The van der Waals surface area contributed by atoms with Gasteiger partial charge in [-0.15, -0.1) is 11.3 Å². The van der Waals surface area contributed by atoms with E-state index >= 15 is 0 Å². The smallest absolute Gasteiger partial charge is 0.394 e. The topological polar surface area (TPSA) is 74.2 Å². The summed E-state index contributed by atoms with van der Waals surface area (Å²) in [6, 6.07) is -1.58. The fourth-order valence-corrected chi connectivity index (χ4v) is 2.35. The van der Waals surface area contributed by atoms with Crippen LogP contribution in [-0.2, 0) is 6.18 Å². The van der Waals surface area contributed by atoms with Gasteiger partial charge in [0, 0.05) is 5.38 Å². The molecule has 0 aliphatic carbocycles. The van der Waals surface area contributed by atoms with Gasteiger partial charge < -0.3 is 15.7 Å². The number of hydrogen-bond donors (Lipinski definition) is 3. The van der Waals surface area contributed by atoms with Gasteiger partial charge in [-0.1, -0.05) is 6.92 Å². The number of aliphatic hydroxyl groups is 1. The standard InChI is InChI=1S/C11H16F3N3O2S/c1-3-7(16-10(19)15-6(2)4-18)9-17-8(5-20-9)11(12,13)14/h5-7,18H,3-4H2,1-2H3,(H2,15,16,19). The van der Waals surface area contributed by atoms with Crippen molar-refractivity contribution in [2.24, 2.45) is 0 Å². The first-order chi connectivity index (χ1) is 9.27. The lowest BCUT2D eigenvalue weighted by atomic mass is 10.2. The average Bonchev–Trinajstić information content (AvgIpc) is 2.85. The van der Waals surface area contributed by atoms with Crippen LogP contribution in [0.4, 0.5) is 18.0 Å². The summed E-state index contributed by atoms with van der Waals surface area (Å²) in [6.07, 6.45) is -4.08. The zero-order chi connectivity index (χ0) is 15.3. The van der Waals surface area contributed by atoms with E-state index in [1.54, 1.807) is 13.8 Å². The third kappa shape index (κ3) is 4.64. The van der Waals surface area contributed by atoms with Gasteiger partial charge >= 0.3 is 12.2 Å². The van der Waals surface area contributed by atoms with Crippen molar-refractivity contribution >= 4 is 17.4 Å². The van der Waals surface area contributed by atoms with Crippen LogP contribution in [0, 0.1) is 0 Å². The molecule has 9 heteroatoms. The molecule has 0 aliphatic rings. The summed E-state index contributed by atoms with van der Waals surface area (Å²) in [4.78, 5) is 15.1. The van der Waals surface area contributed by atoms with Crippen molar-refractivity contribution in [3.8, 4) is 0 Å². The number of urea groups is 1. The highest BCUT2D eigenvalue weighted by atomic mass is 32.1. The van der Waals surface area contributed by atoms with Crippen LogP contribution >= 0.6 is 11.3 Å². The summed E-state index contributed by atoms with van der Waals surface area (Å²) in [7, 11) is 0. The van der Waals surface area contributed by atoms with Gasteiger partial charge in [-0.3, -0.25) is 0 Å². The Morgan fingerprint density at radius 3 is 2.60 bits per heavy atom. The average molecular weight is 311 g/mol. The molecule has 2 amide bonds. The molecular formula is C11H16F3N3O2S. The first-order valence-corrected chi connectivity index (χ1v) is 6.86. The fraction of sp³-hybridized carbons (Fsp3) is 0.636. The molecule has 3 N–H and O–H groups in total. The molecule has 0 saturated carbocycles. The van der Waals surface area contributed by atoms with E-state index in [1.807, 2.05) is 0 Å². The van der Waals surface area contributed by atoms with E-state index in [-0.39, 0.29) is 11.6 Å². The van der Waals surface area contributed by atoms with Crippen molar-refractivity contribution < 1.29 is 23.1 Å². The van der Waals surface area contributed by atoms with Crippen LogP contribution in [0.1, 0.15) is 37.0 Å². The molecule has 0 radical (unpaired) electrons. The highest BCUT2D eigenvalue weighted by molar-refractivity contribution is 7.09. The number of thiazole rings is 1. The lowest BCUT2D eigenvalue weighted by molar-refractivity contribution is -0.140. The first-order valence-electron chi connectivity index (χ1n) is 5.98. The number of carbonyl (C=O) groups is 1. The maximum absolute atomic E-state index is 12.5. The molecule has 0 spiro atoms. The Balaban J connectivity index is 2.71. The van der Waals surface area contributed by atoms with Crippen LogP contribution in [0.3, 0.4) is 0 Å². The lowest BCUT2D eigenvalue weighted by Crippen LogP contribution is -2.43. The number of nitrogens with one attached hydrogen (secondary N) is 2. The maximum atomic E-state index is 12.5. The van der Waals surface area contributed by atoms with Gasteiger partial charge in [0.05, 0.1) is 18.7 Å². The zero-order valence-electron chi connectivity index (χ0n) is 11.0. The molecule has 114 valence electrons. The van der Waals surface area contributed by atoms with Gasteiger partial charge in [0.15, 0.2) is 5.69 Å². The molecule has 0 aliphatic heterocycles. The molecular weight excluding hydrogens is 295 g/mol. The Morgan fingerprint density at radius 1 is 1.50 bits per heavy atom. The molecule has 0 fully saturated rings. The summed E-state index contributed by atoms with van der Waals surface area (Å²) in [5.41, 5.74) is -0.957. The van der Waals surface area contributed by atoms with Crippen molar-refractivity contribution in [1.29, 1.82) is 0 Å². The summed E-state index contributed by atoms with van der Waals surface area (Å²) in [5.74, 6) is 0.